The fraction of sp³-hybridized carbons (Fsp3) is 0.333. The van der Waals surface area contributed by atoms with Gasteiger partial charge in [-0.15, -0.1) is 0 Å². The van der Waals surface area contributed by atoms with Gasteiger partial charge in [0.05, 0.1) is 6.54 Å². The Bertz CT molecular complexity index is 1040. The minimum absolute atomic E-state index is 0.0152. The highest BCUT2D eigenvalue weighted by atomic mass is 16.2. The lowest BCUT2D eigenvalue weighted by atomic mass is 10.1. The molecule has 1 aliphatic heterocycles. The smallest absolute Gasteiger partial charge is 0.236 e. The molecule has 3 aromatic rings. The van der Waals surface area contributed by atoms with Gasteiger partial charge in [0.25, 0.3) is 0 Å². The second-order valence-corrected chi connectivity index (χ2v) is 8.09. The van der Waals surface area contributed by atoms with Crippen LogP contribution in [-0.4, -0.2) is 65.5 Å². The van der Waals surface area contributed by atoms with Crippen molar-refractivity contribution < 1.29 is 4.79 Å². The van der Waals surface area contributed by atoms with Crippen molar-refractivity contribution in [3.63, 3.8) is 0 Å². The Kier molecular flexibility index (Phi) is 6.61. The third-order valence-corrected chi connectivity index (χ3v) is 5.70. The summed E-state index contributed by atoms with van der Waals surface area (Å²) >= 11 is 0. The largest absolute Gasteiger partial charge is 0.353 e. The van der Waals surface area contributed by atoms with Crippen molar-refractivity contribution in [2.75, 3.05) is 49.6 Å². The van der Waals surface area contributed by atoms with Gasteiger partial charge in [-0.3, -0.25) is 4.79 Å². The second kappa shape index (κ2) is 9.74. The van der Waals surface area contributed by atoms with Crippen LogP contribution in [0.1, 0.15) is 11.1 Å². The molecule has 8 nitrogen and oxygen atoms in total. The summed E-state index contributed by atoms with van der Waals surface area (Å²) in [5.74, 6) is 1.68. The van der Waals surface area contributed by atoms with E-state index in [1.54, 1.807) is 11.9 Å². The number of hydrogen-bond donors (Lipinski definition) is 1. The highest BCUT2D eigenvalue weighted by molar-refractivity contribution is 5.77. The molecule has 0 radical (unpaired) electrons. The van der Waals surface area contributed by atoms with Crippen LogP contribution in [0.4, 0.5) is 11.8 Å². The maximum atomic E-state index is 11.7. The normalized spacial score (nSPS) is 13.8. The van der Waals surface area contributed by atoms with Crippen LogP contribution in [0, 0.1) is 6.92 Å². The molecule has 1 amide bonds. The number of anilines is 2. The molecule has 3 heterocycles. The van der Waals surface area contributed by atoms with E-state index in [2.05, 4.69) is 43.0 Å². The molecule has 0 unspecified atom stereocenters. The number of aromatic nitrogens is 3. The number of hydrogen-bond acceptors (Lipinski definition) is 7. The van der Waals surface area contributed by atoms with Crippen LogP contribution in [-0.2, 0) is 11.3 Å². The Morgan fingerprint density at radius 1 is 0.969 bits per heavy atom. The van der Waals surface area contributed by atoms with Gasteiger partial charge < -0.3 is 20.4 Å². The first-order valence-electron chi connectivity index (χ1n) is 10.8. The van der Waals surface area contributed by atoms with E-state index < -0.39 is 0 Å². The number of pyridine rings is 1. The van der Waals surface area contributed by atoms with Crippen LogP contribution >= 0.6 is 0 Å². The zero-order chi connectivity index (χ0) is 22.5. The predicted molar refractivity (Wildman–Crippen MR) is 126 cm³/mol. The summed E-state index contributed by atoms with van der Waals surface area (Å²) in [5, 5.41) is 0. The lowest BCUT2D eigenvalue weighted by molar-refractivity contribution is -0.128. The maximum absolute atomic E-state index is 11.7. The van der Waals surface area contributed by atoms with E-state index in [0.29, 0.717) is 6.54 Å². The summed E-state index contributed by atoms with van der Waals surface area (Å²) in [6.07, 6.45) is 5.64. The number of likely N-dealkylation sites (N-methyl/N-ethyl adjacent to an activating group) is 1. The quantitative estimate of drug-likeness (QED) is 0.639. The standard InChI is InChI=1S/C24H29N7O/c1-18-6-7-22(26-14-18)30-8-10-31(11-9-30)24-27-15-21(16-28-24)20-5-3-4-19(12-20)17-29(2)23(32)13-25/h3-7,12,14-16H,8-11,13,17,25H2,1-2H3. The Balaban J connectivity index is 1.39. The van der Waals surface area contributed by atoms with E-state index >= 15 is 0 Å². The molecular weight excluding hydrogens is 402 g/mol. The van der Waals surface area contributed by atoms with Crippen molar-refractivity contribution >= 4 is 17.7 Å². The first-order valence-corrected chi connectivity index (χ1v) is 10.8. The van der Waals surface area contributed by atoms with Gasteiger partial charge in [-0.2, -0.15) is 0 Å². The molecule has 0 aliphatic carbocycles. The summed E-state index contributed by atoms with van der Waals surface area (Å²) < 4.78 is 0. The second-order valence-electron chi connectivity index (χ2n) is 8.09. The first kappa shape index (κ1) is 21.7. The van der Waals surface area contributed by atoms with Crippen LogP contribution < -0.4 is 15.5 Å². The van der Waals surface area contributed by atoms with Gasteiger partial charge in [-0.05, 0) is 35.7 Å². The molecule has 4 rings (SSSR count). The van der Waals surface area contributed by atoms with Gasteiger partial charge >= 0.3 is 0 Å². The molecule has 0 atom stereocenters. The minimum Gasteiger partial charge on any atom is -0.353 e. The molecule has 32 heavy (non-hydrogen) atoms. The zero-order valence-electron chi connectivity index (χ0n) is 18.6. The van der Waals surface area contributed by atoms with E-state index in [4.69, 9.17) is 5.73 Å². The number of aryl methyl sites for hydroxylation is 1. The number of piperazine rings is 1. The van der Waals surface area contributed by atoms with Gasteiger partial charge in [0, 0.05) is 63.9 Å². The number of amides is 1. The third-order valence-electron chi connectivity index (χ3n) is 5.70. The molecule has 2 aromatic heterocycles. The molecule has 0 saturated carbocycles. The Morgan fingerprint density at radius 2 is 1.69 bits per heavy atom. The van der Waals surface area contributed by atoms with Crippen LogP contribution in [0.2, 0.25) is 0 Å². The van der Waals surface area contributed by atoms with Gasteiger partial charge in [-0.25, -0.2) is 15.0 Å². The molecule has 1 fully saturated rings. The van der Waals surface area contributed by atoms with E-state index in [-0.39, 0.29) is 12.5 Å². The summed E-state index contributed by atoms with van der Waals surface area (Å²) in [6, 6.07) is 12.2. The molecule has 1 aliphatic rings. The topological polar surface area (TPSA) is 91.5 Å². The highest BCUT2D eigenvalue weighted by Crippen LogP contribution is 2.22. The lowest BCUT2D eigenvalue weighted by Gasteiger charge is -2.35. The van der Waals surface area contributed by atoms with Crippen LogP contribution in [0.3, 0.4) is 0 Å². The Morgan fingerprint density at radius 3 is 2.34 bits per heavy atom. The average Bonchev–Trinajstić information content (AvgIpc) is 2.84. The van der Waals surface area contributed by atoms with Crippen molar-refractivity contribution in [1.29, 1.82) is 0 Å². The van der Waals surface area contributed by atoms with Crippen molar-refractivity contribution in [2.24, 2.45) is 5.73 Å². The van der Waals surface area contributed by atoms with Gasteiger partial charge in [0.15, 0.2) is 0 Å². The summed E-state index contributed by atoms with van der Waals surface area (Å²) in [5.41, 5.74) is 9.63. The minimum atomic E-state index is -0.0821. The van der Waals surface area contributed by atoms with Crippen molar-refractivity contribution in [2.45, 2.75) is 13.5 Å². The molecule has 1 aromatic carbocycles. The molecule has 1 saturated heterocycles. The van der Waals surface area contributed by atoms with Gasteiger partial charge in [-0.1, -0.05) is 24.3 Å². The number of carbonyl (C=O) groups excluding carboxylic acids is 1. The van der Waals surface area contributed by atoms with Crippen molar-refractivity contribution in [3.8, 4) is 11.1 Å². The van der Waals surface area contributed by atoms with E-state index in [9.17, 15) is 4.79 Å². The van der Waals surface area contributed by atoms with E-state index in [0.717, 1.165) is 54.6 Å². The number of benzene rings is 1. The molecule has 0 spiro atoms. The summed E-state index contributed by atoms with van der Waals surface area (Å²) in [7, 11) is 1.76. The zero-order valence-corrected chi connectivity index (χ0v) is 18.6. The molecule has 2 N–H and O–H groups in total. The molecular formula is C24H29N7O. The monoisotopic (exact) mass is 431 g/mol. The average molecular weight is 432 g/mol. The van der Waals surface area contributed by atoms with Crippen LogP contribution in [0.5, 0.6) is 0 Å². The van der Waals surface area contributed by atoms with Gasteiger partial charge in [0.2, 0.25) is 11.9 Å². The first-order chi connectivity index (χ1) is 15.5. The number of rotatable bonds is 6. The predicted octanol–water partition coefficient (Wildman–Crippen LogP) is 2.09. The van der Waals surface area contributed by atoms with Crippen molar-refractivity contribution in [3.05, 3.63) is 66.1 Å². The summed E-state index contributed by atoms with van der Waals surface area (Å²) in [6.45, 7) is 6.06. The number of carbonyl (C=O) groups is 1. The fourth-order valence-electron chi connectivity index (χ4n) is 3.78. The van der Waals surface area contributed by atoms with Crippen LogP contribution in [0.15, 0.2) is 55.0 Å². The SMILES string of the molecule is Cc1ccc(N2CCN(c3ncc(-c4cccc(CN(C)C(=O)CN)c4)cn3)CC2)nc1. The maximum Gasteiger partial charge on any atom is 0.236 e. The van der Waals surface area contributed by atoms with Gasteiger partial charge in [0.1, 0.15) is 5.82 Å². The Hall–Kier alpha value is -3.52. The fourth-order valence-corrected chi connectivity index (χ4v) is 3.78. The highest BCUT2D eigenvalue weighted by Gasteiger charge is 2.20. The third kappa shape index (κ3) is 5.03. The molecule has 0 bridgehead atoms. The number of nitrogens with zero attached hydrogens (tertiary/aromatic N) is 6. The van der Waals surface area contributed by atoms with Crippen LogP contribution in [0.25, 0.3) is 11.1 Å². The van der Waals surface area contributed by atoms with Crippen molar-refractivity contribution in [1.82, 2.24) is 19.9 Å². The Labute approximate surface area is 188 Å². The number of nitrogens with two attached hydrogens (primary N) is 1. The molecule has 166 valence electrons. The van der Waals surface area contributed by atoms with E-state index in [1.165, 1.54) is 5.56 Å². The van der Waals surface area contributed by atoms with E-state index in [1.807, 2.05) is 43.7 Å². The molecule has 8 heteroatoms. The lowest BCUT2D eigenvalue weighted by Crippen LogP contribution is -2.47. The summed E-state index contributed by atoms with van der Waals surface area (Å²) in [4.78, 5) is 31.6.